The van der Waals surface area contributed by atoms with Crippen molar-refractivity contribution in [3.05, 3.63) is 33.8 Å². The van der Waals surface area contributed by atoms with Gasteiger partial charge in [-0.05, 0) is 34.5 Å². The summed E-state index contributed by atoms with van der Waals surface area (Å²) in [5.74, 6) is 0.296. The fourth-order valence-electron chi connectivity index (χ4n) is 1.32. The van der Waals surface area contributed by atoms with Gasteiger partial charge in [0, 0.05) is 10.0 Å². The normalized spacial score (nSPS) is 10.6. The van der Waals surface area contributed by atoms with Crippen LogP contribution in [0.25, 0.3) is 0 Å². The van der Waals surface area contributed by atoms with Gasteiger partial charge in [-0.15, -0.1) is 0 Å². The van der Waals surface area contributed by atoms with Crippen molar-refractivity contribution >= 4 is 29.2 Å². The highest BCUT2D eigenvalue weighted by Gasteiger charge is 2.04. The monoisotopic (exact) mass is 257 g/mol. The van der Waals surface area contributed by atoms with Crippen molar-refractivity contribution in [3.63, 3.8) is 0 Å². The fraction of sp³-hybridized carbons (Fsp3) is 0.222. The Kier molecular flexibility index (Phi) is 3.26. The molecular formula is C9H9Cl2N5. The average Bonchev–Trinajstić information content (AvgIpc) is 2.63. The Balaban J connectivity index is 2.08. The predicted molar refractivity (Wildman–Crippen MR) is 62.4 cm³/mol. The smallest absolute Gasteiger partial charge is 0.240 e. The van der Waals surface area contributed by atoms with Crippen molar-refractivity contribution in [1.82, 2.24) is 20.2 Å². The van der Waals surface area contributed by atoms with Crippen LogP contribution < -0.4 is 5.73 Å². The first-order valence-electron chi connectivity index (χ1n) is 4.62. The molecule has 0 aliphatic carbocycles. The van der Waals surface area contributed by atoms with Gasteiger partial charge in [-0.25, -0.2) is 4.68 Å². The van der Waals surface area contributed by atoms with E-state index in [0.29, 0.717) is 29.0 Å². The van der Waals surface area contributed by atoms with Crippen LogP contribution in [0.5, 0.6) is 0 Å². The summed E-state index contributed by atoms with van der Waals surface area (Å²) < 4.78 is 1.52. The molecule has 2 aromatic rings. The Bertz CT molecular complexity index is 496. The zero-order valence-corrected chi connectivity index (χ0v) is 9.78. The molecule has 0 unspecified atom stereocenters. The number of rotatable bonds is 3. The van der Waals surface area contributed by atoms with Gasteiger partial charge in [0.1, 0.15) is 0 Å². The number of hydrogen-bond acceptors (Lipinski definition) is 4. The second kappa shape index (κ2) is 4.67. The molecule has 0 atom stereocenters. The van der Waals surface area contributed by atoms with Gasteiger partial charge in [-0.2, -0.15) is 0 Å². The minimum Gasteiger partial charge on any atom is -0.367 e. The molecule has 0 aliphatic rings. The molecule has 1 aromatic carbocycles. The Morgan fingerprint density at radius 2 is 2.12 bits per heavy atom. The summed E-state index contributed by atoms with van der Waals surface area (Å²) in [6.45, 7) is 0.584. The molecule has 0 radical (unpaired) electrons. The number of nitrogen functional groups attached to an aromatic ring is 1. The molecular weight excluding hydrogens is 249 g/mol. The number of aryl methyl sites for hydroxylation is 2. The Morgan fingerprint density at radius 1 is 1.31 bits per heavy atom. The second-order valence-electron chi connectivity index (χ2n) is 3.25. The molecule has 5 nitrogen and oxygen atoms in total. The van der Waals surface area contributed by atoms with Gasteiger partial charge >= 0.3 is 0 Å². The summed E-state index contributed by atoms with van der Waals surface area (Å²) in [6, 6.07) is 5.39. The molecule has 1 aromatic heterocycles. The van der Waals surface area contributed by atoms with E-state index in [2.05, 4.69) is 15.5 Å². The van der Waals surface area contributed by atoms with E-state index in [4.69, 9.17) is 28.9 Å². The summed E-state index contributed by atoms with van der Waals surface area (Å²) in [5.41, 5.74) is 6.53. The third-order valence-corrected chi connectivity index (χ3v) is 2.75. The molecule has 2 rings (SSSR count). The maximum absolute atomic E-state index is 6.03. The minimum absolute atomic E-state index is 0.296. The van der Waals surface area contributed by atoms with Gasteiger partial charge in [0.25, 0.3) is 0 Å². The number of aromatic nitrogens is 4. The van der Waals surface area contributed by atoms with Gasteiger partial charge < -0.3 is 5.73 Å². The SMILES string of the molecule is Nc1nnnn1CCc1ccc(Cl)cc1Cl. The number of benzene rings is 1. The molecule has 1 heterocycles. The van der Waals surface area contributed by atoms with Gasteiger partial charge in [-0.3, -0.25) is 0 Å². The van der Waals surface area contributed by atoms with Crippen LogP contribution in [0.1, 0.15) is 5.56 Å². The van der Waals surface area contributed by atoms with Crippen LogP contribution in [-0.4, -0.2) is 20.2 Å². The van der Waals surface area contributed by atoms with Crippen molar-refractivity contribution in [2.45, 2.75) is 13.0 Å². The highest BCUT2D eigenvalue weighted by molar-refractivity contribution is 6.35. The average molecular weight is 258 g/mol. The van der Waals surface area contributed by atoms with Crippen molar-refractivity contribution in [2.24, 2.45) is 0 Å². The number of tetrazole rings is 1. The second-order valence-corrected chi connectivity index (χ2v) is 4.09. The number of halogens is 2. The topological polar surface area (TPSA) is 69.6 Å². The summed E-state index contributed by atoms with van der Waals surface area (Å²) in [4.78, 5) is 0. The first-order chi connectivity index (χ1) is 7.66. The summed E-state index contributed by atoms with van der Waals surface area (Å²) in [5, 5.41) is 12.0. The molecule has 0 bridgehead atoms. The quantitative estimate of drug-likeness (QED) is 0.911. The fourth-order valence-corrected chi connectivity index (χ4v) is 1.82. The van der Waals surface area contributed by atoms with E-state index in [0.717, 1.165) is 5.56 Å². The van der Waals surface area contributed by atoms with Crippen molar-refractivity contribution in [1.29, 1.82) is 0 Å². The van der Waals surface area contributed by atoms with Gasteiger partial charge in [0.2, 0.25) is 5.95 Å². The lowest BCUT2D eigenvalue weighted by atomic mass is 10.1. The Morgan fingerprint density at radius 3 is 2.75 bits per heavy atom. The molecule has 0 fully saturated rings. The molecule has 0 saturated heterocycles. The van der Waals surface area contributed by atoms with Gasteiger partial charge in [0.15, 0.2) is 0 Å². The van der Waals surface area contributed by atoms with Crippen LogP contribution in [0.4, 0.5) is 5.95 Å². The van der Waals surface area contributed by atoms with E-state index < -0.39 is 0 Å². The molecule has 7 heteroatoms. The third-order valence-electron chi connectivity index (χ3n) is 2.17. The van der Waals surface area contributed by atoms with Gasteiger partial charge in [0.05, 0.1) is 6.54 Å². The van der Waals surface area contributed by atoms with Crippen LogP contribution in [0.2, 0.25) is 10.0 Å². The molecule has 0 spiro atoms. The predicted octanol–water partition coefficient (Wildman–Crippen LogP) is 1.80. The maximum Gasteiger partial charge on any atom is 0.240 e. The lowest BCUT2D eigenvalue weighted by Gasteiger charge is -2.04. The van der Waals surface area contributed by atoms with Gasteiger partial charge in [-0.1, -0.05) is 34.4 Å². The molecule has 0 amide bonds. The lowest BCUT2D eigenvalue weighted by Crippen LogP contribution is -2.07. The van der Waals surface area contributed by atoms with Crippen molar-refractivity contribution in [3.8, 4) is 0 Å². The Labute approximate surface area is 102 Å². The minimum atomic E-state index is 0.296. The molecule has 0 saturated carbocycles. The van der Waals surface area contributed by atoms with E-state index in [1.807, 2.05) is 6.07 Å². The number of nitrogens with zero attached hydrogens (tertiary/aromatic N) is 4. The van der Waals surface area contributed by atoms with E-state index >= 15 is 0 Å². The number of hydrogen-bond donors (Lipinski definition) is 1. The van der Waals surface area contributed by atoms with Crippen molar-refractivity contribution in [2.75, 3.05) is 5.73 Å². The number of anilines is 1. The van der Waals surface area contributed by atoms with Crippen LogP contribution in [-0.2, 0) is 13.0 Å². The first kappa shape index (κ1) is 11.2. The lowest BCUT2D eigenvalue weighted by molar-refractivity contribution is 0.595. The van der Waals surface area contributed by atoms with E-state index in [1.54, 1.807) is 12.1 Å². The molecule has 2 N–H and O–H groups in total. The molecule has 0 aliphatic heterocycles. The van der Waals surface area contributed by atoms with E-state index in [1.165, 1.54) is 4.68 Å². The summed E-state index contributed by atoms with van der Waals surface area (Å²) in [7, 11) is 0. The number of nitrogens with two attached hydrogens (primary N) is 1. The summed E-state index contributed by atoms with van der Waals surface area (Å²) >= 11 is 11.8. The van der Waals surface area contributed by atoms with Crippen LogP contribution in [0.3, 0.4) is 0 Å². The largest absolute Gasteiger partial charge is 0.367 e. The summed E-state index contributed by atoms with van der Waals surface area (Å²) in [6.07, 6.45) is 0.700. The third kappa shape index (κ3) is 2.43. The highest BCUT2D eigenvalue weighted by atomic mass is 35.5. The van der Waals surface area contributed by atoms with E-state index in [-0.39, 0.29) is 0 Å². The van der Waals surface area contributed by atoms with Crippen LogP contribution >= 0.6 is 23.2 Å². The molecule has 16 heavy (non-hydrogen) atoms. The zero-order valence-electron chi connectivity index (χ0n) is 8.27. The Hall–Kier alpha value is -1.33. The van der Waals surface area contributed by atoms with E-state index in [9.17, 15) is 0 Å². The van der Waals surface area contributed by atoms with Crippen LogP contribution in [0.15, 0.2) is 18.2 Å². The highest BCUT2D eigenvalue weighted by Crippen LogP contribution is 2.21. The molecule has 84 valence electrons. The maximum atomic E-state index is 6.03. The van der Waals surface area contributed by atoms with Crippen molar-refractivity contribution < 1.29 is 0 Å². The zero-order chi connectivity index (χ0) is 11.5. The van der Waals surface area contributed by atoms with Crippen LogP contribution in [0, 0.1) is 0 Å². The first-order valence-corrected chi connectivity index (χ1v) is 5.38. The standard InChI is InChI=1S/C9H9Cl2N5/c10-7-2-1-6(8(11)5-7)3-4-16-9(12)13-14-15-16/h1-2,5H,3-4H2,(H2,12,13,15).